The van der Waals surface area contributed by atoms with Crippen LogP contribution in [0, 0.1) is 0 Å². The van der Waals surface area contributed by atoms with E-state index in [1.54, 1.807) is 13.1 Å². The van der Waals surface area contributed by atoms with E-state index in [4.69, 9.17) is 22.4 Å². The Kier molecular flexibility index (Phi) is 14.6. The fourth-order valence-corrected chi connectivity index (χ4v) is 17.1. The van der Waals surface area contributed by atoms with Gasteiger partial charge in [-0.1, -0.05) is 6.58 Å². The maximum Gasteiger partial charge on any atom is 0.407 e. The average molecular weight is 562 g/mol. The van der Waals surface area contributed by atoms with Crippen LogP contribution in [0.4, 0.5) is 18.0 Å². The van der Waals surface area contributed by atoms with Gasteiger partial charge in [-0.25, -0.2) is 9.59 Å². The van der Waals surface area contributed by atoms with Crippen molar-refractivity contribution in [2.24, 2.45) is 0 Å². The zero-order valence-electron chi connectivity index (χ0n) is 22.1. The first kappa shape index (κ1) is 33.8. The molecule has 14 heteroatoms. The van der Waals surface area contributed by atoms with Crippen molar-refractivity contribution < 1.29 is 45.2 Å². The van der Waals surface area contributed by atoms with Crippen molar-refractivity contribution in [1.29, 1.82) is 0 Å². The minimum absolute atomic E-state index is 0.0225. The SMILES string of the molecule is C=C(C)C(=O)OCCNC(=O)OCCOCCC[Si](C)(C)O[Si](C)(C)O[Si](C)(C)CCC(F)(F)F. The second kappa shape index (κ2) is 15.1. The summed E-state index contributed by atoms with van der Waals surface area (Å²) in [5, 5.41) is 2.46. The lowest BCUT2D eigenvalue weighted by molar-refractivity contribution is -0.138. The highest BCUT2D eigenvalue weighted by atomic mass is 28.5. The van der Waals surface area contributed by atoms with Crippen LogP contribution in [0.25, 0.3) is 0 Å². The number of carbonyl (C=O) groups excluding carboxylic acids is 2. The molecule has 0 saturated heterocycles. The van der Waals surface area contributed by atoms with Crippen molar-refractivity contribution in [3.63, 3.8) is 0 Å². The van der Waals surface area contributed by atoms with E-state index < -0.39 is 49.9 Å². The van der Waals surface area contributed by atoms with E-state index in [1.165, 1.54) is 6.92 Å². The quantitative estimate of drug-likeness (QED) is 0.111. The molecular formula is C21H42F3NO7Si3. The van der Waals surface area contributed by atoms with Crippen LogP contribution in [0.2, 0.25) is 51.4 Å². The predicted molar refractivity (Wildman–Crippen MR) is 135 cm³/mol. The molecular weight excluding hydrogens is 519 g/mol. The fourth-order valence-electron chi connectivity index (χ4n) is 3.26. The summed E-state index contributed by atoms with van der Waals surface area (Å²) in [5.74, 6) is -0.518. The summed E-state index contributed by atoms with van der Waals surface area (Å²) in [6.45, 7) is 17.5. The van der Waals surface area contributed by atoms with Gasteiger partial charge >= 0.3 is 26.8 Å². The van der Waals surface area contributed by atoms with Crippen LogP contribution >= 0.6 is 0 Å². The summed E-state index contributed by atoms with van der Waals surface area (Å²) in [7, 11) is -7.16. The standard InChI is InChI=1S/C21H42F3NO7Si3/c1-18(2)19(26)29-13-11-25-20(27)30-15-14-28-12-9-16-33(3,4)31-35(7,8)32-34(5,6)17-10-21(22,23)24/h1,9-17H2,2-8H3,(H,25,27). The highest BCUT2D eigenvalue weighted by Gasteiger charge is 2.41. The van der Waals surface area contributed by atoms with E-state index in [1.807, 2.05) is 13.1 Å². The summed E-state index contributed by atoms with van der Waals surface area (Å²) in [5.41, 5.74) is 0.284. The van der Waals surface area contributed by atoms with E-state index in [2.05, 4.69) is 25.0 Å². The van der Waals surface area contributed by atoms with Gasteiger partial charge in [-0.2, -0.15) is 13.2 Å². The Bertz CT molecular complexity index is 690. The second-order valence-corrected chi connectivity index (χ2v) is 22.4. The van der Waals surface area contributed by atoms with Gasteiger partial charge in [0.15, 0.2) is 16.6 Å². The van der Waals surface area contributed by atoms with E-state index in [0.717, 1.165) is 12.5 Å². The molecule has 0 aromatic carbocycles. The number of amides is 1. The van der Waals surface area contributed by atoms with Crippen molar-refractivity contribution in [3.8, 4) is 0 Å². The normalized spacial score (nSPS) is 12.9. The maximum atomic E-state index is 12.6. The molecule has 35 heavy (non-hydrogen) atoms. The lowest BCUT2D eigenvalue weighted by Gasteiger charge is -2.39. The Morgan fingerprint density at radius 3 is 1.97 bits per heavy atom. The van der Waals surface area contributed by atoms with Gasteiger partial charge in [0.2, 0.25) is 0 Å². The van der Waals surface area contributed by atoms with Crippen molar-refractivity contribution in [2.45, 2.75) is 77.3 Å². The summed E-state index contributed by atoms with van der Waals surface area (Å²) < 4.78 is 65.6. The van der Waals surface area contributed by atoms with Crippen molar-refractivity contribution in [2.75, 3.05) is 33.0 Å². The predicted octanol–water partition coefficient (Wildman–Crippen LogP) is 5.34. The summed E-state index contributed by atoms with van der Waals surface area (Å²) >= 11 is 0. The number of carbonyl (C=O) groups is 2. The molecule has 0 aromatic heterocycles. The lowest BCUT2D eigenvalue weighted by atomic mass is 10.4. The topological polar surface area (TPSA) is 92.3 Å². The van der Waals surface area contributed by atoms with E-state index in [0.29, 0.717) is 6.61 Å². The molecule has 0 spiro atoms. The molecule has 206 valence electrons. The Balaban J connectivity index is 4.07. The fraction of sp³-hybridized carbons (Fsp3) is 0.810. The van der Waals surface area contributed by atoms with Crippen LogP contribution in [0.1, 0.15) is 19.8 Å². The third-order valence-electron chi connectivity index (χ3n) is 4.54. The first-order chi connectivity index (χ1) is 15.8. The number of hydrogen-bond donors (Lipinski definition) is 1. The molecule has 8 nitrogen and oxygen atoms in total. The molecule has 0 rings (SSSR count). The van der Waals surface area contributed by atoms with Crippen LogP contribution < -0.4 is 5.32 Å². The molecule has 0 radical (unpaired) electrons. The monoisotopic (exact) mass is 561 g/mol. The summed E-state index contributed by atoms with van der Waals surface area (Å²) in [4.78, 5) is 22.7. The number of nitrogens with one attached hydrogen (secondary N) is 1. The van der Waals surface area contributed by atoms with Gasteiger partial charge in [0.25, 0.3) is 0 Å². The molecule has 1 amide bonds. The number of rotatable bonds is 17. The van der Waals surface area contributed by atoms with Crippen LogP contribution in [0.15, 0.2) is 12.2 Å². The molecule has 1 N–H and O–H groups in total. The molecule has 0 heterocycles. The molecule has 0 atom stereocenters. The van der Waals surface area contributed by atoms with Gasteiger partial charge in [0.1, 0.15) is 13.2 Å². The second-order valence-electron chi connectivity index (χ2n) is 9.93. The van der Waals surface area contributed by atoms with Gasteiger partial charge in [0, 0.05) is 18.6 Å². The Labute approximate surface area is 210 Å². The van der Waals surface area contributed by atoms with E-state index in [-0.39, 0.29) is 38.0 Å². The molecule has 0 aliphatic rings. The van der Waals surface area contributed by atoms with Crippen LogP contribution in [0.5, 0.6) is 0 Å². The Hall–Kier alpha value is -1.20. The minimum Gasteiger partial charge on any atom is -0.460 e. The average Bonchev–Trinajstić information content (AvgIpc) is 2.66. The molecule has 0 aromatic rings. The van der Waals surface area contributed by atoms with Gasteiger partial charge in [-0.05, 0) is 64.7 Å². The number of halogens is 3. The van der Waals surface area contributed by atoms with Crippen LogP contribution in [-0.2, 0) is 27.2 Å². The molecule has 0 aliphatic heterocycles. The third-order valence-corrected chi connectivity index (χ3v) is 15.9. The zero-order valence-corrected chi connectivity index (χ0v) is 25.1. The number of alkyl carbamates (subject to hydrolysis) is 1. The van der Waals surface area contributed by atoms with Gasteiger partial charge in [-0.15, -0.1) is 0 Å². The summed E-state index contributed by atoms with van der Waals surface area (Å²) in [6, 6.07) is 0.830. The van der Waals surface area contributed by atoms with Crippen LogP contribution in [0.3, 0.4) is 0 Å². The number of ether oxygens (including phenoxy) is 3. The molecule has 0 bridgehead atoms. The van der Waals surface area contributed by atoms with Gasteiger partial charge in [-0.3, -0.25) is 0 Å². The maximum absolute atomic E-state index is 12.6. The largest absolute Gasteiger partial charge is 0.460 e. The number of alkyl halides is 3. The minimum atomic E-state index is -4.18. The molecule has 0 saturated carbocycles. The smallest absolute Gasteiger partial charge is 0.407 e. The molecule has 0 fully saturated rings. The Morgan fingerprint density at radius 1 is 0.857 bits per heavy atom. The van der Waals surface area contributed by atoms with E-state index in [9.17, 15) is 22.8 Å². The molecule has 0 aliphatic carbocycles. The van der Waals surface area contributed by atoms with Crippen molar-refractivity contribution in [3.05, 3.63) is 12.2 Å². The van der Waals surface area contributed by atoms with Crippen LogP contribution in [-0.4, -0.2) is 76.4 Å². The summed E-state index contributed by atoms with van der Waals surface area (Å²) in [6.07, 6.45) is -4.88. The van der Waals surface area contributed by atoms with Crippen molar-refractivity contribution in [1.82, 2.24) is 5.32 Å². The first-order valence-electron chi connectivity index (χ1n) is 11.6. The van der Waals surface area contributed by atoms with Gasteiger partial charge in [0.05, 0.1) is 13.2 Å². The Morgan fingerprint density at radius 2 is 1.43 bits per heavy atom. The third kappa shape index (κ3) is 19.6. The first-order valence-corrected chi connectivity index (χ1v) is 20.7. The highest BCUT2D eigenvalue weighted by molar-refractivity contribution is 6.87. The number of hydrogen-bond acceptors (Lipinski definition) is 7. The van der Waals surface area contributed by atoms with Gasteiger partial charge < -0.3 is 27.8 Å². The number of esters is 1. The molecule has 0 unspecified atom stereocenters. The lowest BCUT2D eigenvalue weighted by Crippen LogP contribution is -2.52. The zero-order chi connectivity index (χ0) is 27.3. The van der Waals surface area contributed by atoms with Crippen molar-refractivity contribution >= 4 is 37.3 Å². The highest BCUT2D eigenvalue weighted by Crippen LogP contribution is 2.30. The van der Waals surface area contributed by atoms with E-state index >= 15 is 0 Å².